The van der Waals surface area contributed by atoms with E-state index in [-0.39, 0.29) is 16.3 Å². The number of benzene rings is 2. The minimum absolute atomic E-state index is 0.179. The number of amides is 2. The highest BCUT2D eigenvalue weighted by molar-refractivity contribution is 7.85. The molecular formula is C15H14N2O6S. The van der Waals surface area contributed by atoms with Crippen molar-refractivity contribution < 1.29 is 27.3 Å². The molecule has 0 atom stereocenters. The highest BCUT2D eigenvalue weighted by Gasteiger charge is 2.11. The van der Waals surface area contributed by atoms with E-state index in [1.807, 2.05) is 0 Å². The smallest absolute Gasteiger partial charge is 0.323 e. The summed E-state index contributed by atoms with van der Waals surface area (Å²) in [6.45, 7) is 1.26. The Morgan fingerprint density at radius 3 is 2.17 bits per heavy atom. The predicted molar refractivity (Wildman–Crippen MR) is 86.6 cm³/mol. The summed E-state index contributed by atoms with van der Waals surface area (Å²) in [6, 6.07) is 10.7. The molecule has 2 amide bonds. The van der Waals surface area contributed by atoms with Gasteiger partial charge in [-0.25, -0.2) is 4.79 Å². The van der Waals surface area contributed by atoms with Crippen molar-refractivity contribution in [3.8, 4) is 5.75 Å². The van der Waals surface area contributed by atoms with Crippen molar-refractivity contribution in [3.63, 3.8) is 0 Å². The van der Waals surface area contributed by atoms with Crippen molar-refractivity contribution in [2.24, 2.45) is 0 Å². The molecular weight excluding hydrogens is 336 g/mol. The number of anilines is 2. The van der Waals surface area contributed by atoms with Crippen LogP contribution in [0.15, 0.2) is 53.4 Å². The lowest BCUT2D eigenvalue weighted by Crippen LogP contribution is -2.19. The first-order valence-electron chi connectivity index (χ1n) is 6.68. The fourth-order valence-corrected chi connectivity index (χ4v) is 2.36. The molecule has 2 rings (SSSR count). The van der Waals surface area contributed by atoms with E-state index < -0.39 is 22.1 Å². The first kappa shape index (κ1) is 17.4. The van der Waals surface area contributed by atoms with Gasteiger partial charge >= 0.3 is 12.0 Å². The normalized spacial score (nSPS) is 10.8. The van der Waals surface area contributed by atoms with Crippen LogP contribution in [0.2, 0.25) is 0 Å². The molecule has 0 aliphatic rings. The molecule has 126 valence electrons. The van der Waals surface area contributed by atoms with E-state index in [1.165, 1.54) is 31.2 Å². The zero-order chi connectivity index (χ0) is 17.7. The van der Waals surface area contributed by atoms with E-state index in [0.29, 0.717) is 5.69 Å². The molecule has 2 aromatic carbocycles. The number of hydrogen-bond donors (Lipinski definition) is 3. The lowest BCUT2D eigenvalue weighted by atomic mass is 10.3. The molecule has 0 fully saturated rings. The SMILES string of the molecule is CC(=O)Oc1cccc(NC(=O)Nc2cccc(S(=O)(=O)O)c2)c1. The van der Waals surface area contributed by atoms with Gasteiger partial charge in [-0.2, -0.15) is 8.42 Å². The van der Waals surface area contributed by atoms with Crippen LogP contribution in [-0.2, 0) is 14.9 Å². The standard InChI is InChI=1S/C15H14N2O6S/c1-10(18)23-13-6-2-4-11(8-13)16-15(19)17-12-5-3-7-14(9-12)24(20,21)22/h2-9H,1H3,(H2,16,17,19)(H,20,21,22). The van der Waals surface area contributed by atoms with E-state index in [0.717, 1.165) is 6.07 Å². The molecule has 0 bridgehead atoms. The van der Waals surface area contributed by atoms with E-state index in [2.05, 4.69) is 10.6 Å². The summed E-state index contributed by atoms with van der Waals surface area (Å²) in [4.78, 5) is 22.5. The van der Waals surface area contributed by atoms with E-state index in [4.69, 9.17) is 9.29 Å². The molecule has 9 heteroatoms. The van der Waals surface area contributed by atoms with Crippen LogP contribution in [0, 0.1) is 0 Å². The number of rotatable bonds is 4. The third kappa shape index (κ3) is 5.07. The number of urea groups is 1. The van der Waals surface area contributed by atoms with Gasteiger partial charge in [0, 0.05) is 24.4 Å². The third-order valence-corrected chi connectivity index (χ3v) is 3.59. The Labute approximate surface area is 138 Å². The Morgan fingerprint density at radius 2 is 1.58 bits per heavy atom. The number of carbonyl (C=O) groups is 2. The van der Waals surface area contributed by atoms with Crippen molar-refractivity contribution >= 4 is 33.5 Å². The minimum Gasteiger partial charge on any atom is -0.427 e. The first-order valence-corrected chi connectivity index (χ1v) is 8.12. The number of ether oxygens (including phenoxy) is 1. The maximum absolute atomic E-state index is 11.9. The van der Waals surface area contributed by atoms with Gasteiger partial charge in [-0.1, -0.05) is 12.1 Å². The van der Waals surface area contributed by atoms with Crippen LogP contribution in [-0.4, -0.2) is 25.0 Å². The molecule has 0 aromatic heterocycles. The summed E-state index contributed by atoms with van der Waals surface area (Å²) in [5.41, 5.74) is 0.552. The van der Waals surface area contributed by atoms with Crippen LogP contribution < -0.4 is 15.4 Å². The van der Waals surface area contributed by atoms with Gasteiger partial charge in [0.05, 0.1) is 4.90 Å². The molecule has 0 aliphatic carbocycles. The molecule has 0 saturated heterocycles. The lowest BCUT2D eigenvalue weighted by Gasteiger charge is -2.09. The summed E-state index contributed by atoms with van der Waals surface area (Å²) in [6.07, 6.45) is 0. The lowest BCUT2D eigenvalue weighted by molar-refractivity contribution is -0.131. The van der Waals surface area contributed by atoms with Crippen LogP contribution in [0.5, 0.6) is 5.75 Å². The van der Waals surface area contributed by atoms with Gasteiger partial charge in [-0.3, -0.25) is 9.35 Å². The average Bonchev–Trinajstić information content (AvgIpc) is 2.46. The molecule has 0 spiro atoms. The molecule has 0 saturated carbocycles. The fraction of sp³-hybridized carbons (Fsp3) is 0.0667. The highest BCUT2D eigenvalue weighted by atomic mass is 32.2. The number of nitrogens with one attached hydrogen (secondary N) is 2. The van der Waals surface area contributed by atoms with Gasteiger partial charge in [0.1, 0.15) is 5.75 Å². The molecule has 0 unspecified atom stereocenters. The van der Waals surface area contributed by atoms with Gasteiger partial charge in [0.25, 0.3) is 10.1 Å². The van der Waals surface area contributed by atoms with Gasteiger partial charge in [0.2, 0.25) is 0 Å². The monoisotopic (exact) mass is 350 g/mol. The maximum atomic E-state index is 11.9. The zero-order valence-corrected chi connectivity index (χ0v) is 13.3. The van der Waals surface area contributed by atoms with Crippen LogP contribution >= 0.6 is 0 Å². The van der Waals surface area contributed by atoms with Crippen LogP contribution in [0.4, 0.5) is 16.2 Å². The van der Waals surface area contributed by atoms with Crippen molar-refractivity contribution in [3.05, 3.63) is 48.5 Å². The second-order valence-electron chi connectivity index (χ2n) is 4.70. The van der Waals surface area contributed by atoms with Crippen molar-refractivity contribution in [2.75, 3.05) is 10.6 Å². The van der Waals surface area contributed by atoms with Gasteiger partial charge in [-0.05, 0) is 30.3 Å². The molecule has 8 nitrogen and oxygen atoms in total. The molecule has 0 heterocycles. The Hall–Kier alpha value is -2.91. The maximum Gasteiger partial charge on any atom is 0.323 e. The minimum atomic E-state index is -4.36. The average molecular weight is 350 g/mol. The number of esters is 1. The number of hydrogen-bond acceptors (Lipinski definition) is 5. The second-order valence-corrected chi connectivity index (χ2v) is 6.13. The van der Waals surface area contributed by atoms with E-state index >= 15 is 0 Å². The quantitative estimate of drug-likeness (QED) is 0.442. The summed E-state index contributed by atoms with van der Waals surface area (Å²) in [7, 11) is -4.36. The van der Waals surface area contributed by atoms with Gasteiger partial charge in [0.15, 0.2) is 0 Å². The van der Waals surface area contributed by atoms with Gasteiger partial charge in [-0.15, -0.1) is 0 Å². The Balaban J connectivity index is 2.07. The Bertz CT molecular complexity index is 879. The largest absolute Gasteiger partial charge is 0.427 e. The first-order chi connectivity index (χ1) is 11.2. The Morgan fingerprint density at radius 1 is 1.00 bits per heavy atom. The molecule has 0 aliphatic heterocycles. The van der Waals surface area contributed by atoms with Crippen LogP contribution in [0.25, 0.3) is 0 Å². The molecule has 3 N–H and O–H groups in total. The molecule has 24 heavy (non-hydrogen) atoms. The van der Waals surface area contributed by atoms with Crippen LogP contribution in [0.3, 0.4) is 0 Å². The van der Waals surface area contributed by atoms with Gasteiger partial charge < -0.3 is 15.4 Å². The zero-order valence-electron chi connectivity index (χ0n) is 12.5. The highest BCUT2D eigenvalue weighted by Crippen LogP contribution is 2.19. The topological polar surface area (TPSA) is 122 Å². The second kappa shape index (κ2) is 7.11. The third-order valence-electron chi connectivity index (χ3n) is 2.74. The summed E-state index contributed by atoms with van der Waals surface area (Å²) in [5, 5.41) is 4.94. The number of carbonyl (C=O) groups excluding carboxylic acids is 2. The molecule has 2 aromatic rings. The molecule has 0 radical (unpaired) electrons. The summed E-state index contributed by atoms with van der Waals surface area (Å²) >= 11 is 0. The van der Waals surface area contributed by atoms with E-state index in [9.17, 15) is 18.0 Å². The summed E-state index contributed by atoms with van der Waals surface area (Å²) < 4.78 is 36.0. The van der Waals surface area contributed by atoms with Crippen molar-refractivity contribution in [1.82, 2.24) is 0 Å². The van der Waals surface area contributed by atoms with Crippen LogP contribution in [0.1, 0.15) is 6.92 Å². The van der Waals surface area contributed by atoms with Crippen molar-refractivity contribution in [2.45, 2.75) is 11.8 Å². The fourth-order valence-electron chi connectivity index (χ4n) is 1.83. The van der Waals surface area contributed by atoms with E-state index in [1.54, 1.807) is 18.2 Å². The predicted octanol–water partition coefficient (Wildman–Crippen LogP) is 2.50. The Kier molecular flexibility index (Phi) is 5.17. The summed E-state index contributed by atoms with van der Waals surface area (Å²) in [5.74, 6) is -0.215. The van der Waals surface area contributed by atoms with Crippen molar-refractivity contribution in [1.29, 1.82) is 0 Å².